The zero-order valence-electron chi connectivity index (χ0n) is 17.9. The number of rotatable bonds is 6. The molecule has 3 aromatic rings. The fraction of sp³-hybridized carbons (Fsp3) is 0.0800. The monoisotopic (exact) mass is 600 g/mol. The Bertz CT molecular complexity index is 1310. The summed E-state index contributed by atoms with van der Waals surface area (Å²) in [5.74, 6) is -0.116. The molecular weight excluding hydrogens is 584 g/mol. The number of hydrogen-bond acceptors (Lipinski definition) is 5. The van der Waals surface area contributed by atoms with Gasteiger partial charge in [0.25, 0.3) is 11.8 Å². The average Bonchev–Trinajstić information content (AvgIpc) is 2.82. The van der Waals surface area contributed by atoms with E-state index in [0.717, 1.165) is 10.0 Å². The van der Waals surface area contributed by atoms with Gasteiger partial charge in [-0.2, -0.15) is 0 Å². The van der Waals surface area contributed by atoms with Gasteiger partial charge in [0.15, 0.2) is 16.6 Å². The molecule has 1 fully saturated rings. The Labute approximate surface area is 218 Å². The number of para-hydroxylation sites is 1. The number of ether oxygens (including phenoxy) is 2. The number of methoxy groups -OCH3 is 1. The molecule has 34 heavy (non-hydrogen) atoms. The van der Waals surface area contributed by atoms with Crippen molar-refractivity contribution in [3.63, 3.8) is 0 Å². The van der Waals surface area contributed by atoms with Gasteiger partial charge in [0.1, 0.15) is 12.2 Å². The van der Waals surface area contributed by atoms with Gasteiger partial charge in [-0.15, -0.1) is 0 Å². The summed E-state index contributed by atoms with van der Waals surface area (Å²) in [6.07, 6.45) is 1.50. The highest BCUT2D eigenvalue weighted by atomic mass is 79.9. The van der Waals surface area contributed by atoms with E-state index in [-0.39, 0.29) is 10.7 Å². The summed E-state index contributed by atoms with van der Waals surface area (Å²) in [7, 11) is 1.53. The van der Waals surface area contributed by atoms with E-state index < -0.39 is 11.8 Å². The summed E-state index contributed by atoms with van der Waals surface area (Å²) in [5.41, 5.74) is 2.08. The van der Waals surface area contributed by atoms with Crippen molar-refractivity contribution < 1.29 is 19.1 Å². The number of halogens is 2. The van der Waals surface area contributed by atoms with E-state index in [2.05, 4.69) is 37.2 Å². The molecule has 1 heterocycles. The molecule has 6 nitrogen and oxygen atoms in total. The van der Waals surface area contributed by atoms with Gasteiger partial charge < -0.3 is 9.47 Å². The lowest BCUT2D eigenvalue weighted by atomic mass is 10.1. The molecule has 0 unspecified atom stereocenters. The van der Waals surface area contributed by atoms with E-state index in [1.54, 1.807) is 36.4 Å². The van der Waals surface area contributed by atoms with Gasteiger partial charge in [-0.3, -0.25) is 19.8 Å². The summed E-state index contributed by atoms with van der Waals surface area (Å²) in [6.45, 7) is 0.321. The zero-order chi connectivity index (χ0) is 24.2. The number of nitrogens with zero attached hydrogens (tertiary/aromatic N) is 1. The molecule has 3 aromatic carbocycles. The summed E-state index contributed by atoms with van der Waals surface area (Å²) >= 11 is 12.3. The zero-order valence-corrected chi connectivity index (χ0v) is 21.9. The van der Waals surface area contributed by atoms with Gasteiger partial charge in [0.05, 0.1) is 17.3 Å². The molecule has 1 aliphatic heterocycles. The van der Waals surface area contributed by atoms with Crippen molar-refractivity contribution in [1.29, 1.82) is 0 Å². The smallest absolute Gasteiger partial charge is 0.270 e. The molecule has 0 atom stereocenters. The maximum atomic E-state index is 13.2. The van der Waals surface area contributed by atoms with E-state index in [1.807, 2.05) is 30.3 Å². The average molecular weight is 602 g/mol. The van der Waals surface area contributed by atoms with E-state index in [9.17, 15) is 9.59 Å². The quantitative estimate of drug-likeness (QED) is 0.225. The topological polar surface area (TPSA) is 67.9 Å². The van der Waals surface area contributed by atoms with Crippen LogP contribution in [-0.4, -0.2) is 24.0 Å². The normalized spacial score (nSPS) is 14.9. The highest BCUT2D eigenvalue weighted by molar-refractivity contribution is 9.10. The number of amides is 2. The Morgan fingerprint density at radius 2 is 1.71 bits per heavy atom. The fourth-order valence-corrected chi connectivity index (χ4v) is 4.62. The van der Waals surface area contributed by atoms with Crippen molar-refractivity contribution >= 4 is 72.8 Å². The first-order valence-corrected chi connectivity index (χ1v) is 12.1. The first-order valence-electron chi connectivity index (χ1n) is 10.1. The van der Waals surface area contributed by atoms with Crippen LogP contribution in [0.1, 0.15) is 11.1 Å². The Hall–Kier alpha value is -3.01. The minimum atomic E-state index is -0.563. The number of carbonyl (C=O) groups excluding carboxylic acids is 2. The Balaban J connectivity index is 1.65. The van der Waals surface area contributed by atoms with Crippen LogP contribution in [0.2, 0.25) is 0 Å². The van der Waals surface area contributed by atoms with Crippen molar-refractivity contribution in [2.24, 2.45) is 0 Å². The fourth-order valence-electron chi connectivity index (χ4n) is 3.36. The third-order valence-corrected chi connectivity index (χ3v) is 6.66. The van der Waals surface area contributed by atoms with Crippen LogP contribution >= 0.6 is 44.1 Å². The van der Waals surface area contributed by atoms with E-state index in [0.29, 0.717) is 33.8 Å². The van der Waals surface area contributed by atoms with E-state index in [1.165, 1.54) is 18.1 Å². The molecule has 0 spiro atoms. The lowest BCUT2D eigenvalue weighted by Crippen LogP contribution is -2.54. The van der Waals surface area contributed by atoms with Crippen LogP contribution in [-0.2, 0) is 16.2 Å². The van der Waals surface area contributed by atoms with Gasteiger partial charge in [-0.1, -0.05) is 52.3 Å². The summed E-state index contributed by atoms with van der Waals surface area (Å²) < 4.78 is 13.1. The van der Waals surface area contributed by atoms with Gasteiger partial charge in [-0.25, -0.2) is 0 Å². The van der Waals surface area contributed by atoms with Crippen molar-refractivity contribution in [3.05, 3.63) is 92.4 Å². The highest BCUT2D eigenvalue weighted by Gasteiger charge is 2.34. The Kier molecular flexibility index (Phi) is 7.45. The Morgan fingerprint density at radius 1 is 1.00 bits per heavy atom. The minimum Gasteiger partial charge on any atom is -0.493 e. The molecule has 0 aliphatic carbocycles. The molecule has 2 amide bonds. The van der Waals surface area contributed by atoms with Gasteiger partial charge in [-0.05, 0) is 70.1 Å². The number of hydrogen-bond donors (Lipinski definition) is 1. The molecular formula is C25H18Br2N2O4S. The molecule has 0 bridgehead atoms. The number of carbonyl (C=O) groups is 2. The van der Waals surface area contributed by atoms with Crippen LogP contribution < -0.4 is 19.7 Å². The lowest BCUT2D eigenvalue weighted by molar-refractivity contribution is -0.122. The lowest BCUT2D eigenvalue weighted by Gasteiger charge is -2.28. The predicted molar refractivity (Wildman–Crippen MR) is 142 cm³/mol. The second kappa shape index (κ2) is 10.5. The third-order valence-electron chi connectivity index (χ3n) is 5.01. The minimum absolute atomic E-state index is 0.0351. The first-order chi connectivity index (χ1) is 16.4. The third kappa shape index (κ3) is 5.06. The summed E-state index contributed by atoms with van der Waals surface area (Å²) in [4.78, 5) is 27.1. The van der Waals surface area contributed by atoms with E-state index in [4.69, 9.17) is 21.7 Å². The molecule has 0 saturated carbocycles. The maximum Gasteiger partial charge on any atom is 0.270 e. The number of nitrogens with one attached hydrogen (secondary N) is 1. The SMILES string of the molecule is COc1cc(/C=C2/C(=O)NC(=S)N(c3ccccc3)C2=O)cc(Br)c1OCc1ccccc1Br. The number of thiocarbonyl (C=S) groups is 1. The molecule has 0 aromatic heterocycles. The molecule has 1 N–H and O–H groups in total. The highest BCUT2D eigenvalue weighted by Crippen LogP contribution is 2.38. The van der Waals surface area contributed by atoms with Crippen LogP contribution in [0.4, 0.5) is 5.69 Å². The Morgan fingerprint density at radius 3 is 2.41 bits per heavy atom. The van der Waals surface area contributed by atoms with Crippen molar-refractivity contribution in [2.75, 3.05) is 12.0 Å². The van der Waals surface area contributed by atoms with Gasteiger partial charge >= 0.3 is 0 Å². The molecule has 0 radical (unpaired) electrons. The van der Waals surface area contributed by atoms with Crippen LogP contribution in [0.3, 0.4) is 0 Å². The van der Waals surface area contributed by atoms with Crippen LogP contribution in [0.5, 0.6) is 11.5 Å². The predicted octanol–water partition coefficient (Wildman–Crippen LogP) is 5.63. The second-order valence-corrected chi connectivity index (χ2v) is 9.30. The van der Waals surface area contributed by atoms with Crippen molar-refractivity contribution in [2.45, 2.75) is 6.61 Å². The summed E-state index contributed by atoms with van der Waals surface area (Å²) in [6, 6.07) is 20.1. The summed E-state index contributed by atoms with van der Waals surface area (Å²) in [5, 5.41) is 2.62. The second-order valence-electron chi connectivity index (χ2n) is 7.21. The molecule has 9 heteroatoms. The largest absolute Gasteiger partial charge is 0.493 e. The van der Waals surface area contributed by atoms with Crippen molar-refractivity contribution in [3.8, 4) is 11.5 Å². The number of anilines is 1. The maximum absolute atomic E-state index is 13.2. The van der Waals surface area contributed by atoms with E-state index >= 15 is 0 Å². The molecule has 4 rings (SSSR count). The molecule has 1 saturated heterocycles. The van der Waals surface area contributed by atoms with Crippen molar-refractivity contribution in [1.82, 2.24) is 5.32 Å². The molecule has 172 valence electrons. The number of benzene rings is 3. The van der Waals surface area contributed by atoms with Crippen LogP contribution in [0, 0.1) is 0 Å². The van der Waals surface area contributed by atoms with Crippen LogP contribution in [0.25, 0.3) is 6.08 Å². The van der Waals surface area contributed by atoms with Crippen LogP contribution in [0.15, 0.2) is 81.2 Å². The molecule has 1 aliphatic rings. The van der Waals surface area contributed by atoms with Gasteiger partial charge in [0, 0.05) is 10.0 Å². The first kappa shape index (κ1) is 24.1. The standard InChI is InChI=1S/C25H18Br2N2O4S/c1-32-21-13-15(12-20(27)22(21)33-14-16-7-5-6-10-19(16)26)11-18-23(30)28-25(34)29(24(18)31)17-8-3-2-4-9-17/h2-13H,14H2,1H3,(H,28,30,34)/b18-11-. The van der Waals surface area contributed by atoms with Gasteiger partial charge in [0.2, 0.25) is 0 Å².